The minimum atomic E-state index is -0.254. The van der Waals surface area contributed by atoms with E-state index in [1.165, 1.54) is 0 Å². The molecule has 1 aromatic rings. The maximum Gasteiger partial charge on any atom is 0.228 e. The summed E-state index contributed by atoms with van der Waals surface area (Å²) < 4.78 is 5.63. The summed E-state index contributed by atoms with van der Waals surface area (Å²) in [5.74, 6) is 0.541. The summed E-state index contributed by atoms with van der Waals surface area (Å²) in [6, 6.07) is 7.52. The van der Waals surface area contributed by atoms with Gasteiger partial charge in [-0.15, -0.1) is 0 Å². The Morgan fingerprint density at radius 1 is 1.21 bits per heavy atom. The molecule has 1 aromatic carbocycles. The van der Waals surface area contributed by atoms with Gasteiger partial charge in [-0.3, -0.25) is 9.59 Å². The van der Waals surface area contributed by atoms with Gasteiger partial charge in [-0.2, -0.15) is 0 Å². The van der Waals surface area contributed by atoms with Crippen molar-refractivity contribution in [2.45, 2.75) is 13.3 Å². The number of amides is 2. The minimum absolute atomic E-state index is 0.00497. The number of piperazine rings is 1. The summed E-state index contributed by atoms with van der Waals surface area (Å²) in [6.45, 7) is 6.18. The van der Waals surface area contributed by atoms with E-state index in [0.717, 1.165) is 31.9 Å². The molecule has 3 rings (SSSR count). The first-order valence-corrected chi connectivity index (χ1v) is 8.59. The zero-order chi connectivity index (χ0) is 17.1. The van der Waals surface area contributed by atoms with Crippen LogP contribution in [0.4, 0.5) is 5.69 Å². The molecular weight excluding hydrogens is 306 g/mol. The van der Waals surface area contributed by atoms with Crippen molar-refractivity contribution in [3.8, 4) is 5.75 Å². The quantitative estimate of drug-likeness (QED) is 0.832. The molecule has 2 fully saturated rings. The molecule has 0 N–H and O–H groups in total. The monoisotopic (exact) mass is 331 g/mol. The molecule has 0 saturated carbocycles. The molecule has 6 nitrogen and oxygen atoms in total. The Kier molecular flexibility index (Phi) is 5.04. The number of hydrogen-bond acceptors (Lipinski definition) is 4. The first-order valence-electron chi connectivity index (χ1n) is 8.59. The average molecular weight is 331 g/mol. The number of likely N-dealkylation sites (N-methyl/N-ethyl adjacent to an activating group) is 1. The molecule has 0 aromatic heterocycles. The molecule has 0 bridgehead atoms. The van der Waals surface area contributed by atoms with Gasteiger partial charge in [0.05, 0.1) is 18.2 Å². The number of anilines is 1. The van der Waals surface area contributed by atoms with Crippen LogP contribution in [0.2, 0.25) is 0 Å². The van der Waals surface area contributed by atoms with E-state index in [2.05, 4.69) is 11.9 Å². The van der Waals surface area contributed by atoms with Gasteiger partial charge in [-0.05, 0) is 26.1 Å². The third-order valence-corrected chi connectivity index (χ3v) is 4.75. The summed E-state index contributed by atoms with van der Waals surface area (Å²) in [5.41, 5.74) is 0.762. The first kappa shape index (κ1) is 16.8. The van der Waals surface area contributed by atoms with E-state index in [9.17, 15) is 9.59 Å². The van der Waals surface area contributed by atoms with Crippen LogP contribution in [-0.2, 0) is 9.59 Å². The van der Waals surface area contributed by atoms with Crippen LogP contribution < -0.4 is 9.64 Å². The van der Waals surface area contributed by atoms with Gasteiger partial charge in [0, 0.05) is 39.1 Å². The van der Waals surface area contributed by atoms with Crippen molar-refractivity contribution in [2.75, 3.05) is 51.3 Å². The number of benzene rings is 1. The van der Waals surface area contributed by atoms with Gasteiger partial charge in [0.15, 0.2) is 0 Å². The Labute approximate surface area is 143 Å². The zero-order valence-electron chi connectivity index (χ0n) is 14.4. The second-order valence-corrected chi connectivity index (χ2v) is 6.43. The van der Waals surface area contributed by atoms with Crippen LogP contribution in [-0.4, -0.2) is 68.0 Å². The van der Waals surface area contributed by atoms with Gasteiger partial charge in [-0.25, -0.2) is 0 Å². The fourth-order valence-corrected chi connectivity index (χ4v) is 3.35. The van der Waals surface area contributed by atoms with Crippen LogP contribution in [0.5, 0.6) is 5.75 Å². The van der Waals surface area contributed by atoms with Crippen molar-refractivity contribution < 1.29 is 14.3 Å². The van der Waals surface area contributed by atoms with Crippen molar-refractivity contribution in [1.82, 2.24) is 9.80 Å². The Balaban J connectivity index is 1.71. The second-order valence-electron chi connectivity index (χ2n) is 6.43. The lowest BCUT2D eigenvalue weighted by molar-refractivity contribution is -0.137. The molecule has 24 heavy (non-hydrogen) atoms. The molecule has 2 heterocycles. The number of rotatable bonds is 4. The number of carbonyl (C=O) groups excluding carboxylic acids is 2. The number of carbonyl (C=O) groups is 2. The highest BCUT2D eigenvalue weighted by atomic mass is 16.5. The Bertz CT molecular complexity index is 611. The van der Waals surface area contributed by atoms with Crippen LogP contribution in [0.25, 0.3) is 0 Å². The molecule has 2 saturated heterocycles. The van der Waals surface area contributed by atoms with E-state index in [1.807, 2.05) is 36.1 Å². The molecule has 130 valence electrons. The lowest BCUT2D eigenvalue weighted by Gasteiger charge is -2.33. The molecular formula is C18H25N3O3. The van der Waals surface area contributed by atoms with Crippen LogP contribution in [0.3, 0.4) is 0 Å². The second kappa shape index (κ2) is 7.21. The maximum absolute atomic E-state index is 12.7. The zero-order valence-corrected chi connectivity index (χ0v) is 14.4. The third-order valence-electron chi connectivity index (χ3n) is 4.75. The third kappa shape index (κ3) is 3.38. The Morgan fingerprint density at radius 3 is 2.62 bits per heavy atom. The predicted molar refractivity (Wildman–Crippen MR) is 92.1 cm³/mol. The van der Waals surface area contributed by atoms with Gasteiger partial charge in [0.2, 0.25) is 11.8 Å². The largest absolute Gasteiger partial charge is 0.492 e. The molecule has 0 unspecified atom stereocenters. The molecule has 0 aliphatic carbocycles. The van der Waals surface area contributed by atoms with Crippen LogP contribution in [0.15, 0.2) is 24.3 Å². The Hall–Kier alpha value is -2.08. The normalized spacial score (nSPS) is 22.1. The molecule has 6 heteroatoms. The van der Waals surface area contributed by atoms with Crippen molar-refractivity contribution in [3.63, 3.8) is 0 Å². The molecule has 2 amide bonds. The summed E-state index contributed by atoms with van der Waals surface area (Å²) in [4.78, 5) is 31.0. The van der Waals surface area contributed by atoms with Gasteiger partial charge in [0.1, 0.15) is 5.75 Å². The molecule has 0 spiro atoms. The fourth-order valence-electron chi connectivity index (χ4n) is 3.35. The van der Waals surface area contributed by atoms with Gasteiger partial charge >= 0.3 is 0 Å². The molecule has 2 aliphatic heterocycles. The molecule has 0 radical (unpaired) electrons. The maximum atomic E-state index is 12.7. The van der Waals surface area contributed by atoms with Crippen LogP contribution in [0.1, 0.15) is 13.3 Å². The van der Waals surface area contributed by atoms with Crippen LogP contribution in [0, 0.1) is 5.92 Å². The average Bonchev–Trinajstić information content (AvgIpc) is 2.97. The number of ether oxygens (including phenoxy) is 1. The molecule has 1 atom stereocenters. The predicted octanol–water partition coefficient (Wildman–Crippen LogP) is 1.21. The topological polar surface area (TPSA) is 53.1 Å². The van der Waals surface area contributed by atoms with E-state index < -0.39 is 0 Å². The summed E-state index contributed by atoms with van der Waals surface area (Å²) in [6.07, 6.45) is 0.283. The smallest absolute Gasteiger partial charge is 0.228 e. The standard InChI is InChI=1S/C18H25N3O3/c1-3-24-16-7-5-4-6-15(16)21-13-14(12-17(21)22)18(23)20-10-8-19(2)9-11-20/h4-7,14H,3,8-13H2,1-2H3/t14-/m1/s1. The Morgan fingerprint density at radius 2 is 1.92 bits per heavy atom. The molecule has 2 aliphatic rings. The number of nitrogens with zero attached hydrogens (tertiary/aromatic N) is 3. The SMILES string of the molecule is CCOc1ccccc1N1C[C@H](C(=O)N2CCN(C)CC2)CC1=O. The van der Waals surface area contributed by atoms with Crippen molar-refractivity contribution in [3.05, 3.63) is 24.3 Å². The van der Waals surface area contributed by atoms with Crippen molar-refractivity contribution in [2.24, 2.45) is 5.92 Å². The van der Waals surface area contributed by atoms with Gasteiger partial charge < -0.3 is 19.4 Å². The lowest BCUT2D eigenvalue weighted by Crippen LogP contribution is -2.49. The number of hydrogen-bond donors (Lipinski definition) is 0. The van der Waals surface area contributed by atoms with E-state index in [-0.39, 0.29) is 24.2 Å². The van der Waals surface area contributed by atoms with Crippen molar-refractivity contribution >= 4 is 17.5 Å². The first-order chi connectivity index (χ1) is 11.6. The van der Waals surface area contributed by atoms with E-state index in [1.54, 1.807) is 4.90 Å². The number of para-hydroxylation sites is 2. The summed E-state index contributed by atoms with van der Waals surface area (Å²) in [5, 5.41) is 0. The minimum Gasteiger partial charge on any atom is -0.492 e. The highest BCUT2D eigenvalue weighted by Crippen LogP contribution is 2.33. The van der Waals surface area contributed by atoms with E-state index in [0.29, 0.717) is 18.9 Å². The summed E-state index contributed by atoms with van der Waals surface area (Å²) >= 11 is 0. The fraction of sp³-hybridized carbons (Fsp3) is 0.556. The summed E-state index contributed by atoms with van der Waals surface area (Å²) in [7, 11) is 2.06. The van der Waals surface area contributed by atoms with E-state index in [4.69, 9.17) is 4.74 Å². The van der Waals surface area contributed by atoms with Gasteiger partial charge in [0.25, 0.3) is 0 Å². The highest BCUT2D eigenvalue weighted by Gasteiger charge is 2.38. The van der Waals surface area contributed by atoms with Crippen molar-refractivity contribution in [1.29, 1.82) is 0 Å². The van der Waals surface area contributed by atoms with E-state index >= 15 is 0 Å². The lowest BCUT2D eigenvalue weighted by atomic mass is 10.1. The van der Waals surface area contributed by atoms with Gasteiger partial charge in [-0.1, -0.05) is 12.1 Å². The highest BCUT2D eigenvalue weighted by molar-refractivity contribution is 6.01. The van der Waals surface area contributed by atoms with Crippen LogP contribution >= 0.6 is 0 Å².